The fourth-order valence-corrected chi connectivity index (χ4v) is 2.79. The van der Waals surface area contributed by atoms with Crippen LogP contribution in [0.15, 0.2) is 35.3 Å². The Labute approximate surface area is 131 Å². The number of methoxy groups -OCH3 is 1. The molecule has 0 aliphatic carbocycles. The highest BCUT2D eigenvalue weighted by molar-refractivity contribution is 8.08. The van der Waals surface area contributed by atoms with Gasteiger partial charge in [-0.1, -0.05) is 50.7 Å². The first kappa shape index (κ1) is 17.1. The molecule has 0 saturated heterocycles. The molecular weight excluding hydrogens is 292 g/mol. The molecule has 3 nitrogen and oxygen atoms in total. The Balaban J connectivity index is 0.00000200. The van der Waals surface area contributed by atoms with Crippen molar-refractivity contribution in [3.8, 4) is 5.75 Å². The maximum atomic E-state index is 6.03. The first-order chi connectivity index (χ1) is 8.91. The number of hydrogen-bond acceptors (Lipinski definition) is 4. The number of nitrogens with zero attached hydrogens (tertiary/aromatic N) is 1. The lowest BCUT2D eigenvalue weighted by Gasteiger charge is -2.26. The molecule has 1 aromatic carbocycles. The Kier molecular flexibility index (Phi) is 5.68. The third-order valence-electron chi connectivity index (χ3n) is 2.92. The van der Waals surface area contributed by atoms with E-state index in [-0.39, 0.29) is 23.3 Å². The zero-order valence-corrected chi connectivity index (χ0v) is 13.8. The van der Waals surface area contributed by atoms with Gasteiger partial charge in [0.2, 0.25) is 0 Å². The second-order valence-corrected chi connectivity index (χ2v) is 6.64. The van der Waals surface area contributed by atoms with E-state index in [4.69, 9.17) is 10.5 Å². The molecule has 110 valence electrons. The molecular formula is C15H21ClN2OS. The van der Waals surface area contributed by atoms with Gasteiger partial charge < -0.3 is 10.5 Å². The Morgan fingerprint density at radius 2 is 1.90 bits per heavy atom. The van der Waals surface area contributed by atoms with Crippen molar-refractivity contribution < 1.29 is 4.74 Å². The Morgan fingerprint density at radius 3 is 2.50 bits per heavy atom. The summed E-state index contributed by atoms with van der Waals surface area (Å²) < 4.78 is 5.42. The van der Waals surface area contributed by atoms with E-state index < -0.39 is 0 Å². The zero-order valence-electron chi connectivity index (χ0n) is 12.2. The zero-order chi connectivity index (χ0) is 14.0. The predicted octanol–water partition coefficient (Wildman–Crippen LogP) is 3.93. The number of halogens is 1. The van der Waals surface area contributed by atoms with Crippen molar-refractivity contribution in [1.29, 1.82) is 0 Å². The molecule has 0 radical (unpaired) electrons. The highest BCUT2D eigenvalue weighted by atomic mass is 35.5. The smallest absolute Gasteiger partial charge is 0.149 e. The molecule has 0 amide bonds. The van der Waals surface area contributed by atoms with Crippen molar-refractivity contribution in [3.05, 3.63) is 35.9 Å². The van der Waals surface area contributed by atoms with Crippen molar-refractivity contribution in [3.63, 3.8) is 0 Å². The average molecular weight is 313 g/mol. The molecule has 0 bridgehead atoms. The SMILES string of the molecule is COc1ccccc1C1=CC(C(C)(C)C)=NC(N)S1.Cl. The largest absolute Gasteiger partial charge is 0.496 e. The molecule has 20 heavy (non-hydrogen) atoms. The predicted molar refractivity (Wildman–Crippen MR) is 90.7 cm³/mol. The molecule has 5 heteroatoms. The summed E-state index contributed by atoms with van der Waals surface area (Å²) in [6.45, 7) is 6.43. The maximum Gasteiger partial charge on any atom is 0.149 e. The van der Waals surface area contributed by atoms with Gasteiger partial charge in [0.15, 0.2) is 0 Å². The minimum absolute atomic E-state index is 0. The molecule has 1 heterocycles. The van der Waals surface area contributed by atoms with Crippen LogP contribution in [0.3, 0.4) is 0 Å². The molecule has 1 unspecified atom stereocenters. The van der Waals surface area contributed by atoms with Crippen molar-refractivity contribution >= 4 is 34.8 Å². The van der Waals surface area contributed by atoms with E-state index in [9.17, 15) is 0 Å². The number of allylic oxidation sites excluding steroid dienone is 1. The molecule has 1 aliphatic heterocycles. The summed E-state index contributed by atoms with van der Waals surface area (Å²) in [6.07, 6.45) is 2.12. The van der Waals surface area contributed by atoms with Gasteiger partial charge in [0, 0.05) is 21.6 Å². The quantitative estimate of drug-likeness (QED) is 0.900. The highest BCUT2D eigenvalue weighted by Crippen LogP contribution is 2.39. The summed E-state index contributed by atoms with van der Waals surface area (Å²) in [6, 6.07) is 7.99. The number of ether oxygens (including phenoxy) is 1. The van der Waals surface area contributed by atoms with Gasteiger partial charge >= 0.3 is 0 Å². The van der Waals surface area contributed by atoms with Gasteiger partial charge in [0.1, 0.15) is 11.2 Å². The first-order valence-corrected chi connectivity index (χ1v) is 7.15. The number of aliphatic imine (C=N–C) groups is 1. The van der Waals surface area contributed by atoms with Crippen LogP contribution in [0.1, 0.15) is 26.3 Å². The lowest BCUT2D eigenvalue weighted by molar-refractivity contribution is 0.414. The number of benzene rings is 1. The second kappa shape index (κ2) is 6.66. The monoisotopic (exact) mass is 312 g/mol. The molecule has 0 fully saturated rings. The minimum atomic E-state index is -0.251. The van der Waals surface area contributed by atoms with Crippen LogP contribution >= 0.6 is 24.2 Å². The average Bonchev–Trinajstić information content (AvgIpc) is 2.37. The van der Waals surface area contributed by atoms with E-state index >= 15 is 0 Å². The van der Waals surface area contributed by atoms with Crippen molar-refractivity contribution in [2.24, 2.45) is 16.1 Å². The van der Waals surface area contributed by atoms with Crippen molar-refractivity contribution in [2.45, 2.75) is 26.3 Å². The molecule has 0 aromatic heterocycles. The standard InChI is InChI=1S/C15H20N2OS.ClH/c1-15(2,3)13-9-12(19-14(16)17-13)10-7-5-6-8-11(10)18-4;/h5-9,14H,16H2,1-4H3;1H. The molecule has 2 rings (SSSR count). The van der Waals surface area contributed by atoms with Crippen molar-refractivity contribution in [2.75, 3.05) is 7.11 Å². The van der Waals surface area contributed by atoms with Crippen molar-refractivity contribution in [1.82, 2.24) is 0 Å². The van der Waals surface area contributed by atoms with Gasteiger partial charge in [-0.05, 0) is 12.1 Å². The molecule has 0 saturated carbocycles. The van der Waals surface area contributed by atoms with E-state index in [0.29, 0.717) is 0 Å². The van der Waals surface area contributed by atoms with Gasteiger partial charge in [0.05, 0.1) is 7.11 Å². The molecule has 1 aliphatic rings. The lowest BCUT2D eigenvalue weighted by Crippen LogP contribution is -2.26. The minimum Gasteiger partial charge on any atom is -0.496 e. The van der Waals surface area contributed by atoms with E-state index in [1.165, 1.54) is 0 Å². The molecule has 1 aromatic rings. The first-order valence-electron chi connectivity index (χ1n) is 6.27. The maximum absolute atomic E-state index is 6.03. The van der Waals surface area contributed by atoms with Gasteiger partial charge in [-0.3, -0.25) is 4.99 Å². The van der Waals surface area contributed by atoms with Crippen LogP contribution in [-0.2, 0) is 0 Å². The van der Waals surface area contributed by atoms with E-state index in [1.54, 1.807) is 18.9 Å². The Hall–Kier alpha value is -0.970. The van der Waals surface area contributed by atoms with Crippen LogP contribution < -0.4 is 10.5 Å². The molecule has 2 N–H and O–H groups in total. The van der Waals surface area contributed by atoms with Crippen LogP contribution in [0.4, 0.5) is 0 Å². The summed E-state index contributed by atoms with van der Waals surface area (Å²) in [4.78, 5) is 5.64. The van der Waals surface area contributed by atoms with Crippen LogP contribution in [0, 0.1) is 5.41 Å². The van der Waals surface area contributed by atoms with Crippen LogP contribution in [0.2, 0.25) is 0 Å². The highest BCUT2D eigenvalue weighted by Gasteiger charge is 2.24. The summed E-state index contributed by atoms with van der Waals surface area (Å²) in [5, 5.41) is 0. The summed E-state index contributed by atoms with van der Waals surface area (Å²) in [5.74, 6) is 0.864. The van der Waals surface area contributed by atoms with Gasteiger partial charge in [-0.2, -0.15) is 0 Å². The van der Waals surface area contributed by atoms with Gasteiger partial charge in [-0.25, -0.2) is 0 Å². The summed E-state index contributed by atoms with van der Waals surface area (Å²) in [7, 11) is 1.69. The van der Waals surface area contributed by atoms with Gasteiger partial charge in [-0.15, -0.1) is 12.4 Å². The Morgan fingerprint density at radius 1 is 1.25 bits per heavy atom. The summed E-state index contributed by atoms with van der Waals surface area (Å²) >= 11 is 1.56. The van der Waals surface area contributed by atoms with Gasteiger partial charge in [0.25, 0.3) is 0 Å². The third kappa shape index (κ3) is 3.78. The number of para-hydroxylation sites is 1. The van der Waals surface area contributed by atoms with Crippen LogP contribution in [0.5, 0.6) is 5.75 Å². The lowest BCUT2D eigenvalue weighted by atomic mass is 9.89. The Bertz CT molecular complexity index is 535. The van der Waals surface area contributed by atoms with Crippen LogP contribution in [0.25, 0.3) is 4.91 Å². The van der Waals surface area contributed by atoms with E-state index in [0.717, 1.165) is 21.9 Å². The number of thioether (sulfide) groups is 1. The third-order valence-corrected chi connectivity index (χ3v) is 3.86. The molecule has 1 atom stereocenters. The fourth-order valence-electron chi connectivity index (χ4n) is 1.89. The summed E-state index contributed by atoms with van der Waals surface area (Å²) in [5.41, 5.74) is 7.87. The topological polar surface area (TPSA) is 47.6 Å². The van der Waals surface area contributed by atoms with Crippen LogP contribution in [-0.4, -0.2) is 18.3 Å². The normalized spacial score (nSPS) is 18.8. The fraction of sp³-hybridized carbons (Fsp3) is 0.400. The van der Waals surface area contributed by atoms with E-state index in [1.807, 2.05) is 18.2 Å². The molecule has 0 spiro atoms. The second-order valence-electron chi connectivity index (χ2n) is 5.48. The number of nitrogens with two attached hydrogens (primary N) is 1. The van der Waals surface area contributed by atoms with E-state index in [2.05, 4.69) is 37.9 Å². The number of rotatable bonds is 2. The number of hydrogen-bond donors (Lipinski definition) is 1.